The lowest BCUT2D eigenvalue weighted by molar-refractivity contribution is 0.584. The topological polar surface area (TPSA) is 98.0 Å². The number of hydrogen-bond acceptors (Lipinski definition) is 6. The predicted octanol–water partition coefficient (Wildman–Crippen LogP) is 2.78. The number of para-hydroxylation sites is 1. The maximum absolute atomic E-state index is 14.1. The third-order valence-electron chi connectivity index (χ3n) is 2.91. The number of aromatic nitrogens is 2. The zero-order valence-corrected chi connectivity index (χ0v) is 13.4. The van der Waals surface area contributed by atoms with Gasteiger partial charge in [0.05, 0.1) is 22.0 Å². The average molecular weight is 345 g/mol. The van der Waals surface area contributed by atoms with E-state index in [1.54, 1.807) is 0 Å². The summed E-state index contributed by atoms with van der Waals surface area (Å²) in [6.45, 7) is 3.03. The molecule has 6 nitrogen and oxygen atoms in total. The molecule has 2 aromatic rings. The van der Waals surface area contributed by atoms with Crippen molar-refractivity contribution in [2.75, 3.05) is 11.1 Å². The van der Waals surface area contributed by atoms with Gasteiger partial charge in [-0.15, -0.1) is 0 Å². The minimum atomic E-state index is -3.69. The van der Waals surface area contributed by atoms with Crippen LogP contribution in [0.15, 0.2) is 29.3 Å². The summed E-state index contributed by atoms with van der Waals surface area (Å²) in [5.74, 6) is -0.786. The van der Waals surface area contributed by atoms with Gasteiger partial charge in [0.25, 0.3) is 0 Å². The Morgan fingerprint density at radius 1 is 1.36 bits per heavy atom. The Kier molecular flexibility index (Phi) is 4.52. The molecule has 1 aromatic heterocycles. The number of nitrogens with one attached hydrogen (secondary N) is 1. The zero-order chi connectivity index (χ0) is 16.5. The highest BCUT2D eigenvalue weighted by Gasteiger charge is 2.25. The molecule has 0 unspecified atom stereocenters. The molecular weight excluding hydrogens is 331 g/mol. The van der Waals surface area contributed by atoms with Crippen LogP contribution in [0.25, 0.3) is 0 Å². The number of anilines is 3. The molecule has 0 bridgehead atoms. The van der Waals surface area contributed by atoms with E-state index in [2.05, 4.69) is 15.3 Å². The molecule has 22 heavy (non-hydrogen) atoms. The number of nitrogens with zero attached hydrogens (tertiary/aromatic N) is 2. The summed E-state index contributed by atoms with van der Waals surface area (Å²) < 4.78 is 38.8. The molecule has 0 saturated heterocycles. The van der Waals surface area contributed by atoms with E-state index in [1.165, 1.54) is 32.2 Å². The van der Waals surface area contributed by atoms with Gasteiger partial charge in [-0.25, -0.2) is 17.8 Å². The van der Waals surface area contributed by atoms with Crippen LogP contribution in [0.1, 0.15) is 13.8 Å². The second kappa shape index (κ2) is 6.05. The molecule has 9 heteroatoms. The van der Waals surface area contributed by atoms with Crippen LogP contribution < -0.4 is 11.1 Å². The standard InChI is InChI=1S/C13H14ClFN4O2S/c1-7(2)22(20,21)10-5-3-4-9(15)11(10)18-12-8(14)6-17-13(16)19-12/h3-7H,1-2H3,(H3,16,17,18,19). The van der Waals surface area contributed by atoms with Crippen LogP contribution in [-0.4, -0.2) is 23.6 Å². The lowest BCUT2D eigenvalue weighted by atomic mass is 10.3. The smallest absolute Gasteiger partial charge is 0.222 e. The van der Waals surface area contributed by atoms with Gasteiger partial charge in [-0.3, -0.25) is 0 Å². The van der Waals surface area contributed by atoms with Crippen molar-refractivity contribution in [3.63, 3.8) is 0 Å². The second-order valence-corrected chi connectivity index (χ2v) is 7.64. The molecule has 0 aliphatic rings. The van der Waals surface area contributed by atoms with E-state index in [1.807, 2.05) is 0 Å². The molecule has 0 atom stereocenters. The molecule has 0 spiro atoms. The highest BCUT2D eigenvalue weighted by molar-refractivity contribution is 7.92. The van der Waals surface area contributed by atoms with Gasteiger partial charge in [-0.05, 0) is 26.0 Å². The molecule has 0 amide bonds. The Morgan fingerprint density at radius 3 is 2.68 bits per heavy atom. The number of sulfone groups is 1. The molecule has 2 rings (SSSR count). The van der Waals surface area contributed by atoms with Crippen molar-refractivity contribution in [3.05, 3.63) is 35.2 Å². The van der Waals surface area contributed by atoms with Crippen LogP contribution in [0, 0.1) is 5.82 Å². The Labute approximate surface area is 132 Å². The Balaban J connectivity index is 2.59. The Bertz CT molecular complexity index is 812. The number of nitrogen functional groups attached to an aromatic ring is 1. The summed E-state index contributed by atoms with van der Waals surface area (Å²) in [5.41, 5.74) is 5.23. The van der Waals surface area contributed by atoms with Gasteiger partial charge in [0.15, 0.2) is 15.7 Å². The van der Waals surface area contributed by atoms with Gasteiger partial charge in [-0.1, -0.05) is 17.7 Å². The van der Waals surface area contributed by atoms with Gasteiger partial charge in [0.2, 0.25) is 5.95 Å². The van der Waals surface area contributed by atoms with Crippen LogP contribution in [0.2, 0.25) is 5.02 Å². The lowest BCUT2D eigenvalue weighted by Gasteiger charge is -2.15. The first-order valence-electron chi connectivity index (χ1n) is 6.31. The number of hydrogen-bond donors (Lipinski definition) is 2. The molecule has 1 heterocycles. The van der Waals surface area contributed by atoms with Crippen molar-refractivity contribution in [3.8, 4) is 0 Å². The maximum atomic E-state index is 14.1. The molecule has 118 valence electrons. The first-order valence-corrected chi connectivity index (χ1v) is 8.23. The summed E-state index contributed by atoms with van der Waals surface area (Å²) in [6, 6.07) is 3.78. The van der Waals surface area contributed by atoms with Crippen LogP contribution in [-0.2, 0) is 9.84 Å². The average Bonchev–Trinajstić information content (AvgIpc) is 2.44. The van der Waals surface area contributed by atoms with E-state index in [9.17, 15) is 12.8 Å². The highest BCUT2D eigenvalue weighted by Crippen LogP contribution is 2.32. The van der Waals surface area contributed by atoms with E-state index < -0.39 is 20.9 Å². The molecule has 0 radical (unpaired) electrons. The number of nitrogens with two attached hydrogens (primary N) is 1. The first-order chi connectivity index (χ1) is 10.2. The minimum Gasteiger partial charge on any atom is -0.368 e. The van der Waals surface area contributed by atoms with Gasteiger partial charge in [0, 0.05) is 0 Å². The maximum Gasteiger partial charge on any atom is 0.222 e. The van der Waals surface area contributed by atoms with Gasteiger partial charge in [-0.2, -0.15) is 4.98 Å². The highest BCUT2D eigenvalue weighted by atomic mass is 35.5. The van der Waals surface area contributed by atoms with Crippen LogP contribution in [0.5, 0.6) is 0 Å². The molecule has 3 N–H and O–H groups in total. The van der Waals surface area contributed by atoms with Crippen molar-refractivity contribution in [2.45, 2.75) is 24.0 Å². The number of halogens is 2. The lowest BCUT2D eigenvalue weighted by Crippen LogP contribution is -2.16. The summed E-state index contributed by atoms with van der Waals surface area (Å²) in [6.07, 6.45) is 1.24. The quantitative estimate of drug-likeness (QED) is 0.885. The third kappa shape index (κ3) is 3.12. The van der Waals surface area contributed by atoms with Crippen molar-refractivity contribution in [1.29, 1.82) is 0 Å². The fraction of sp³-hybridized carbons (Fsp3) is 0.231. The fourth-order valence-corrected chi connectivity index (χ4v) is 3.05. The first kappa shape index (κ1) is 16.4. The van der Waals surface area contributed by atoms with Gasteiger partial charge < -0.3 is 11.1 Å². The monoisotopic (exact) mass is 344 g/mol. The molecular formula is C13H14ClFN4O2S. The Hall–Kier alpha value is -1.93. The summed E-state index contributed by atoms with van der Waals surface area (Å²) in [7, 11) is -3.69. The van der Waals surface area contributed by atoms with Crippen LogP contribution >= 0.6 is 11.6 Å². The Morgan fingerprint density at radius 2 is 2.05 bits per heavy atom. The van der Waals surface area contributed by atoms with Gasteiger partial charge in [0.1, 0.15) is 10.8 Å². The molecule has 0 fully saturated rings. The van der Waals surface area contributed by atoms with Crippen molar-refractivity contribution >= 4 is 38.9 Å². The number of rotatable bonds is 4. The second-order valence-electron chi connectivity index (χ2n) is 4.76. The summed E-state index contributed by atoms with van der Waals surface area (Å²) in [4.78, 5) is 7.35. The van der Waals surface area contributed by atoms with E-state index in [-0.39, 0.29) is 27.4 Å². The normalized spacial score (nSPS) is 11.7. The van der Waals surface area contributed by atoms with E-state index in [4.69, 9.17) is 17.3 Å². The predicted molar refractivity (Wildman–Crippen MR) is 83.5 cm³/mol. The largest absolute Gasteiger partial charge is 0.368 e. The fourth-order valence-electron chi connectivity index (χ4n) is 1.70. The third-order valence-corrected chi connectivity index (χ3v) is 5.38. The summed E-state index contributed by atoms with van der Waals surface area (Å²) in [5, 5.41) is 1.97. The molecule has 0 aliphatic carbocycles. The molecule has 0 aliphatic heterocycles. The van der Waals surface area contributed by atoms with E-state index in [0.29, 0.717) is 0 Å². The van der Waals surface area contributed by atoms with Crippen molar-refractivity contribution in [1.82, 2.24) is 9.97 Å². The summed E-state index contributed by atoms with van der Waals surface area (Å²) >= 11 is 5.91. The number of benzene rings is 1. The van der Waals surface area contributed by atoms with Gasteiger partial charge >= 0.3 is 0 Å². The van der Waals surface area contributed by atoms with E-state index >= 15 is 0 Å². The zero-order valence-electron chi connectivity index (χ0n) is 11.8. The van der Waals surface area contributed by atoms with Crippen molar-refractivity contribution in [2.24, 2.45) is 0 Å². The SMILES string of the molecule is CC(C)S(=O)(=O)c1cccc(F)c1Nc1nc(N)ncc1Cl. The van der Waals surface area contributed by atoms with Crippen molar-refractivity contribution < 1.29 is 12.8 Å². The van der Waals surface area contributed by atoms with E-state index in [0.717, 1.165) is 6.07 Å². The van der Waals surface area contributed by atoms with Crippen LogP contribution in [0.4, 0.5) is 21.8 Å². The minimum absolute atomic E-state index is 0.0273. The molecule has 1 aromatic carbocycles. The molecule has 0 saturated carbocycles. The van der Waals surface area contributed by atoms with Crippen LogP contribution in [0.3, 0.4) is 0 Å².